The molecule has 0 fully saturated rings. The number of nitrogens with one attached hydrogen (secondary N) is 2. The molecule has 0 saturated carbocycles. The topological polar surface area (TPSA) is 80.3 Å². The fourth-order valence-corrected chi connectivity index (χ4v) is 2.53. The van der Waals surface area contributed by atoms with Crippen molar-refractivity contribution in [2.45, 2.75) is 0 Å². The lowest BCUT2D eigenvalue weighted by Gasteiger charge is -2.08. The van der Waals surface area contributed by atoms with Gasteiger partial charge in [-0.2, -0.15) is 0 Å². The first-order valence-electron chi connectivity index (χ1n) is 8.74. The first-order valence-corrected chi connectivity index (χ1v) is 9.12. The smallest absolute Gasteiger partial charge is 0.269 e. The van der Waals surface area contributed by atoms with Gasteiger partial charge in [0.05, 0.1) is 0 Å². The molecule has 0 aliphatic carbocycles. The molecule has 146 valence electrons. The van der Waals surface area contributed by atoms with E-state index in [9.17, 15) is 9.59 Å². The normalized spacial score (nSPS) is 10.6. The molecule has 7 heteroatoms. The number of hydrogen-bond acceptors (Lipinski definition) is 4. The minimum absolute atomic E-state index is 0.252. The second kappa shape index (κ2) is 9.52. The van der Waals surface area contributed by atoms with Gasteiger partial charge in [-0.05, 0) is 54.1 Å². The predicted octanol–water partition coefficient (Wildman–Crippen LogP) is 4.54. The third-order valence-electron chi connectivity index (χ3n) is 3.85. The minimum atomic E-state index is -0.292. The van der Waals surface area contributed by atoms with Crippen LogP contribution < -0.4 is 15.4 Å². The highest BCUT2D eigenvalue weighted by Gasteiger charge is 2.07. The Hall–Kier alpha value is -3.64. The van der Waals surface area contributed by atoms with E-state index in [0.717, 1.165) is 5.56 Å². The van der Waals surface area contributed by atoms with Crippen LogP contribution in [0.15, 0.2) is 72.9 Å². The molecule has 0 saturated heterocycles. The minimum Gasteiger partial charge on any atom is -0.457 e. The summed E-state index contributed by atoms with van der Waals surface area (Å²) >= 11 is 5.84. The van der Waals surface area contributed by atoms with Crippen molar-refractivity contribution in [1.82, 2.24) is 10.3 Å². The highest BCUT2D eigenvalue weighted by atomic mass is 35.5. The van der Waals surface area contributed by atoms with E-state index in [1.807, 2.05) is 12.1 Å². The van der Waals surface area contributed by atoms with Gasteiger partial charge in [-0.1, -0.05) is 23.7 Å². The van der Waals surface area contributed by atoms with E-state index in [0.29, 0.717) is 22.2 Å². The molecule has 0 atom stereocenters. The number of amides is 2. The molecular formula is C22H18ClN3O3. The van der Waals surface area contributed by atoms with Gasteiger partial charge in [-0.25, -0.2) is 0 Å². The molecule has 6 nitrogen and oxygen atoms in total. The number of rotatable bonds is 6. The van der Waals surface area contributed by atoms with Gasteiger partial charge < -0.3 is 15.4 Å². The molecule has 2 N–H and O–H groups in total. The Balaban J connectivity index is 1.59. The molecule has 0 aliphatic rings. The maximum atomic E-state index is 12.1. The van der Waals surface area contributed by atoms with Crippen molar-refractivity contribution < 1.29 is 14.3 Å². The average Bonchev–Trinajstić information content (AvgIpc) is 2.74. The lowest BCUT2D eigenvalue weighted by molar-refractivity contribution is -0.111. The Morgan fingerprint density at radius 2 is 1.72 bits per heavy atom. The van der Waals surface area contributed by atoms with E-state index in [-0.39, 0.29) is 17.5 Å². The number of nitrogens with zero attached hydrogens (tertiary/aromatic N) is 1. The third-order valence-corrected chi connectivity index (χ3v) is 4.10. The summed E-state index contributed by atoms with van der Waals surface area (Å²) in [6, 6.07) is 17.3. The summed E-state index contributed by atoms with van der Waals surface area (Å²) in [6.45, 7) is 0. The lowest BCUT2D eigenvalue weighted by atomic mass is 10.2. The second-order valence-electron chi connectivity index (χ2n) is 5.96. The van der Waals surface area contributed by atoms with E-state index < -0.39 is 0 Å². The maximum absolute atomic E-state index is 12.1. The van der Waals surface area contributed by atoms with E-state index in [1.165, 1.54) is 19.3 Å². The average molecular weight is 408 g/mol. The van der Waals surface area contributed by atoms with E-state index in [4.69, 9.17) is 16.3 Å². The molecule has 0 spiro atoms. The predicted molar refractivity (Wildman–Crippen MR) is 113 cm³/mol. The van der Waals surface area contributed by atoms with Crippen molar-refractivity contribution >= 4 is 35.2 Å². The van der Waals surface area contributed by atoms with Crippen LogP contribution in [0, 0.1) is 0 Å². The van der Waals surface area contributed by atoms with Crippen LogP contribution in [-0.4, -0.2) is 23.8 Å². The summed E-state index contributed by atoms with van der Waals surface area (Å²) in [6.07, 6.45) is 4.66. The first-order chi connectivity index (χ1) is 14.0. The van der Waals surface area contributed by atoms with Gasteiger partial charge in [0, 0.05) is 36.1 Å². The molecular weight excluding hydrogens is 390 g/mol. The zero-order valence-corrected chi connectivity index (χ0v) is 16.3. The molecule has 0 unspecified atom stereocenters. The molecule has 2 aromatic carbocycles. The number of pyridine rings is 1. The van der Waals surface area contributed by atoms with Gasteiger partial charge >= 0.3 is 0 Å². The highest BCUT2D eigenvalue weighted by molar-refractivity contribution is 6.30. The fraction of sp³-hybridized carbons (Fsp3) is 0.0455. The maximum Gasteiger partial charge on any atom is 0.269 e. The lowest BCUT2D eigenvalue weighted by Crippen LogP contribution is -2.18. The van der Waals surface area contributed by atoms with Crippen molar-refractivity contribution in [3.63, 3.8) is 0 Å². The highest BCUT2D eigenvalue weighted by Crippen LogP contribution is 2.23. The van der Waals surface area contributed by atoms with E-state index in [2.05, 4.69) is 15.6 Å². The second-order valence-corrected chi connectivity index (χ2v) is 6.39. The zero-order valence-electron chi connectivity index (χ0n) is 15.6. The van der Waals surface area contributed by atoms with Crippen LogP contribution in [0.5, 0.6) is 11.5 Å². The Morgan fingerprint density at radius 3 is 2.41 bits per heavy atom. The Labute approximate surface area is 173 Å². The van der Waals surface area contributed by atoms with Crippen LogP contribution >= 0.6 is 11.6 Å². The molecule has 0 radical (unpaired) electrons. The summed E-state index contributed by atoms with van der Waals surface area (Å²) in [4.78, 5) is 27.7. The zero-order chi connectivity index (χ0) is 20.6. The summed E-state index contributed by atoms with van der Waals surface area (Å²) < 4.78 is 5.73. The van der Waals surface area contributed by atoms with Crippen LogP contribution in [0.1, 0.15) is 16.1 Å². The monoisotopic (exact) mass is 407 g/mol. The number of benzene rings is 2. The Kier molecular flexibility index (Phi) is 6.60. The Morgan fingerprint density at radius 1 is 1.00 bits per heavy atom. The number of halogens is 1. The number of anilines is 1. The van der Waals surface area contributed by atoms with Crippen molar-refractivity contribution in [2.24, 2.45) is 0 Å². The summed E-state index contributed by atoms with van der Waals surface area (Å²) in [5.41, 5.74) is 1.77. The Bertz CT molecular complexity index is 1030. The van der Waals surface area contributed by atoms with Gasteiger partial charge in [0.25, 0.3) is 5.91 Å². The molecule has 3 aromatic rings. The molecule has 0 bridgehead atoms. The molecule has 3 rings (SSSR count). The van der Waals surface area contributed by atoms with Crippen LogP contribution in [-0.2, 0) is 4.79 Å². The van der Waals surface area contributed by atoms with Crippen LogP contribution in [0.25, 0.3) is 6.08 Å². The van der Waals surface area contributed by atoms with Crippen LogP contribution in [0.4, 0.5) is 5.69 Å². The van der Waals surface area contributed by atoms with Gasteiger partial charge in [0.1, 0.15) is 17.2 Å². The van der Waals surface area contributed by atoms with Crippen molar-refractivity contribution in [3.8, 4) is 11.5 Å². The number of ether oxygens (including phenoxy) is 1. The first kappa shape index (κ1) is 20.1. The number of aromatic nitrogens is 1. The third kappa shape index (κ3) is 5.92. The molecule has 29 heavy (non-hydrogen) atoms. The molecule has 1 heterocycles. The van der Waals surface area contributed by atoms with E-state index >= 15 is 0 Å². The van der Waals surface area contributed by atoms with Gasteiger partial charge in [0.2, 0.25) is 5.91 Å². The van der Waals surface area contributed by atoms with Crippen LogP contribution in [0.3, 0.4) is 0 Å². The van der Waals surface area contributed by atoms with Crippen molar-refractivity contribution in [3.05, 3.63) is 89.2 Å². The van der Waals surface area contributed by atoms with Crippen molar-refractivity contribution in [2.75, 3.05) is 12.4 Å². The summed E-state index contributed by atoms with van der Waals surface area (Å²) in [7, 11) is 1.54. The standard InChI is InChI=1S/C22H18ClN3O3/c1-24-22(28)20-14-19(12-13-25-20)29-18-9-7-17(8-10-18)26-21(27)11-4-15-2-5-16(23)6-3-15/h2-14H,1H3,(H,24,28)(H,26,27). The van der Waals surface area contributed by atoms with Crippen LogP contribution in [0.2, 0.25) is 5.02 Å². The number of carbonyl (C=O) groups excluding carboxylic acids is 2. The van der Waals surface area contributed by atoms with Gasteiger partial charge in [0.15, 0.2) is 0 Å². The SMILES string of the molecule is CNC(=O)c1cc(Oc2ccc(NC(=O)C=Cc3ccc(Cl)cc3)cc2)ccn1. The van der Waals surface area contributed by atoms with Gasteiger partial charge in [-0.15, -0.1) is 0 Å². The van der Waals surface area contributed by atoms with Gasteiger partial charge in [-0.3, -0.25) is 14.6 Å². The number of hydrogen-bond donors (Lipinski definition) is 2. The fourth-order valence-electron chi connectivity index (χ4n) is 2.40. The van der Waals surface area contributed by atoms with E-state index in [1.54, 1.807) is 54.6 Å². The quantitative estimate of drug-likeness (QED) is 0.588. The molecule has 0 aliphatic heterocycles. The summed E-state index contributed by atoms with van der Waals surface area (Å²) in [5, 5.41) is 5.93. The summed E-state index contributed by atoms with van der Waals surface area (Å²) in [5.74, 6) is 0.508. The largest absolute Gasteiger partial charge is 0.457 e. The van der Waals surface area contributed by atoms with Crippen molar-refractivity contribution in [1.29, 1.82) is 0 Å². The molecule has 1 aromatic heterocycles. The molecule has 2 amide bonds. The number of carbonyl (C=O) groups is 2.